The molecule has 0 spiro atoms. The Labute approximate surface area is 111 Å². The Morgan fingerprint density at radius 3 is 2.35 bits per heavy atom. The Morgan fingerprint density at radius 1 is 1.06 bits per heavy atom. The van der Waals surface area contributed by atoms with Crippen molar-refractivity contribution in [3.05, 3.63) is 0 Å². The van der Waals surface area contributed by atoms with E-state index >= 15 is 0 Å². The molecule has 0 heterocycles. The molecule has 100 valence electrons. The Morgan fingerprint density at radius 2 is 1.76 bits per heavy atom. The van der Waals surface area contributed by atoms with E-state index < -0.39 is 0 Å². The van der Waals surface area contributed by atoms with E-state index in [-0.39, 0.29) is 0 Å². The van der Waals surface area contributed by atoms with Crippen LogP contribution in [0.3, 0.4) is 0 Å². The molecule has 0 aromatic carbocycles. The molecule has 0 aliphatic heterocycles. The van der Waals surface area contributed by atoms with Gasteiger partial charge in [0.05, 0.1) is 0 Å². The molecular weight excluding hydrogens is 232 g/mol. The first-order valence-corrected chi connectivity index (χ1v) is 7.79. The summed E-state index contributed by atoms with van der Waals surface area (Å²) >= 11 is 6.20. The monoisotopic (exact) mass is 258 g/mol. The van der Waals surface area contributed by atoms with Gasteiger partial charge in [-0.15, -0.1) is 11.6 Å². The highest BCUT2D eigenvalue weighted by atomic mass is 35.5. The normalized spacial score (nSPS) is 39.5. The van der Waals surface area contributed by atoms with E-state index in [1.165, 1.54) is 57.9 Å². The van der Waals surface area contributed by atoms with Crippen LogP contribution < -0.4 is 5.73 Å². The van der Waals surface area contributed by atoms with Crippen LogP contribution in [0.4, 0.5) is 0 Å². The number of hydrogen-bond acceptors (Lipinski definition) is 2. The van der Waals surface area contributed by atoms with Crippen molar-refractivity contribution in [2.75, 3.05) is 6.54 Å². The van der Waals surface area contributed by atoms with Gasteiger partial charge in [0.2, 0.25) is 0 Å². The lowest BCUT2D eigenvalue weighted by Gasteiger charge is -2.43. The topological polar surface area (TPSA) is 29.3 Å². The summed E-state index contributed by atoms with van der Waals surface area (Å²) in [6.07, 6.45) is 10.1. The summed E-state index contributed by atoms with van der Waals surface area (Å²) in [4.78, 5) is 2.72. The van der Waals surface area contributed by atoms with E-state index in [0.717, 1.165) is 12.1 Å². The second kappa shape index (κ2) is 6.40. The van der Waals surface area contributed by atoms with Crippen molar-refractivity contribution < 1.29 is 0 Å². The van der Waals surface area contributed by atoms with Crippen LogP contribution in [0.25, 0.3) is 0 Å². The Balaban J connectivity index is 1.90. The van der Waals surface area contributed by atoms with E-state index in [2.05, 4.69) is 11.8 Å². The van der Waals surface area contributed by atoms with Gasteiger partial charge in [0, 0.05) is 23.5 Å². The van der Waals surface area contributed by atoms with Crippen LogP contribution in [0.1, 0.15) is 58.3 Å². The van der Waals surface area contributed by atoms with E-state index in [9.17, 15) is 0 Å². The number of hydrogen-bond donors (Lipinski definition) is 1. The van der Waals surface area contributed by atoms with Crippen molar-refractivity contribution in [2.24, 2.45) is 5.73 Å². The maximum absolute atomic E-state index is 6.20. The lowest BCUT2D eigenvalue weighted by molar-refractivity contribution is 0.0826. The molecule has 3 heteroatoms. The Bertz CT molecular complexity index is 226. The van der Waals surface area contributed by atoms with Crippen molar-refractivity contribution >= 4 is 11.6 Å². The summed E-state index contributed by atoms with van der Waals surface area (Å²) in [5, 5.41) is 0.429. The standard InChI is InChI=1S/C14H27ClN2/c1-2-17(13-8-6-11(15)7-9-13)14-5-3-4-12(16)10-14/h11-14H,2-10,16H2,1H3. The van der Waals surface area contributed by atoms with Crippen LogP contribution in [0.15, 0.2) is 0 Å². The minimum absolute atomic E-state index is 0.429. The summed E-state index contributed by atoms with van der Waals surface area (Å²) in [6.45, 7) is 3.47. The van der Waals surface area contributed by atoms with Gasteiger partial charge in [-0.1, -0.05) is 13.3 Å². The summed E-state index contributed by atoms with van der Waals surface area (Å²) in [5.41, 5.74) is 6.12. The van der Waals surface area contributed by atoms with Crippen LogP contribution in [0.2, 0.25) is 0 Å². The number of halogens is 1. The number of nitrogens with zero attached hydrogens (tertiary/aromatic N) is 1. The Hall–Kier alpha value is 0.210. The largest absolute Gasteiger partial charge is 0.328 e. The zero-order chi connectivity index (χ0) is 12.3. The molecule has 2 aliphatic carbocycles. The van der Waals surface area contributed by atoms with Gasteiger partial charge in [-0.05, 0) is 51.5 Å². The molecule has 2 nitrogen and oxygen atoms in total. The quantitative estimate of drug-likeness (QED) is 0.788. The molecule has 2 unspecified atom stereocenters. The highest BCUT2D eigenvalue weighted by Crippen LogP contribution is 2.31. The SMILES string of the molecule is CCN(C1CCC(Cl)CC1)C1CCCC(N)C1. The Kier molecular flexibility index (Phi) is 5.13. The van der Waals surface area contributed by atoms with Crippen LogP contribution in [0, 0.1) is 0 Å². The van der Waals surface area contributed by atoms with Crippen LogP contribution in [0.5, 0.6) is 0 Å². The molecular formula is C14H27ClN2. The van der Waals surface area contributed by atoms with Gasteiger partial charge in [-0.2, -0.15) is 0 Å². The maximum atomic E-state index is 6.20. The third kappa shape index (κ3) is 3.59. The molecule has 2 rings (SSSR count). The van der Waals surface area contributed by atoms with Crippen molar-refractivity contribution in [3.63, 3.8) is 0 Å². The predicted octanol–water partition coefficient (Wildman–Crippen LogP) is 3.13. The van der Waals surface area contributed by atoms with Crippen LogP contribution in [-0.2, 0) is 0 Å². The predicted molar refractivity (Wildman–Crippen MR) is 74.5 cm³/mol. The fraction of sp³-hybridized carbons (Fsp3) is 1.00. The van der Waals surface area contributed by atoms with Gasteiger partial charge in [-0.25, -0.2) is 0 Å². The molecule has 0 bridgehead atoms. The first-order valence-electron chi connectivity index (χ1n) is 7.36. The van der Waals surface area contributed by atoms with Gasteiger partial charge in [0.15, 0.2) is 0 Å². The molecule has 2 fully saturated rings. The first-order chi connectivity index (χ1) is 8.20. The maximum Gasteiger partial charge on any atom is 0.0337 e. The fourth-order valence-electron chi connectivity index (χ4n) is 3.68. The molecule has 0 amide bonds. The highest BCUT2D eigenvalue weighted by Gasteiger charge is 2.31. The summed E-state index contributed by atoms with van der Waals surface area (Å²) in [5.74, 6) is 0. The van der Waals surface area contributed by atoms with Gasteiger partial charge >= 0.3 is 0 Å². The van der Waals surface area contributed by atoms with E-state index in [1.807, 2.05) is 0 Å². The summed E-state index contributed by atoms with van der Waals surface area (Å²) in [6, 6.07) is 1.94. The molecule has 2 N–H and O–H groups in total. The zero-order valence-corrected chi connectivity index (χ0v) is 11.8. The second-order valence-electron chi connectivity index (χ2n) is 5.82. The minimum Gasteiger partial charge on any atom is -0.328 e. The zero-order valence-electron chi connectivity index (χ0n) is 11.1. The van der Waals surface area contributed by atoms with E-state index in [0.29, 0.717) is 11.4 Å². The molecule has 17 heavy (non-hydrogen) atoms. The molecule has 0 radical (unpaired) electrons. The number of rotatable bonds is 3. The lowest BCUT2D eigenvalue weighted by atomic mass is 9.87. The van der Waals surface area contributed by atoms with Crippen molar-refractivity contribution in [3.8, 4) is 0 Å². The summed E-state index contributed by atoms with van der Waals surface area (Å²) < 4.78 is 0. The molecule has 0 aromatic heterocycles. The van der Waals surface area contributed by atoms with Gasteiger partial charge in [-0.3, -0.25) is 4.90 Å². The molecule has 2 aliphatic rings. The van der Waals surface area contributed by atoms with Crippen LogP contribution in [-0.4, -0.2) is 34.9 Å². The smallest absolute Gasteiger partial charge is 0.0337 e. The lowest BCUT2D eigenvalue weighted by Crippen LogP contribution is -2.48. The molecule has 2 atom stereocenters. The minimum atomic E-state index is 0.429. The third-order valence-electron chi connectivity index (χ3n) is 4.62. The van der Waals surface area contributed by atoms with Gasteiger partial charge in [0.1, 0.15) is 0 Å². The number of nitrogens with two attached hydrogens (primary N) is 1. The average molecular weight is 259 g/mol. The van der Waals surface area contributed by atoms with Crippen LogP contribution >= 0.6 is 11.6 Å². The molecule has 0 aromatic rings. The van der Waals surface area contributed by atoms with Crippen molar-refractivity contribution in [1.82, 2.24) is 4.90 Å². The van der Waals surface area contributed by atoms with E-state index in [4.69, 9.17) is 17.3 Å². The second-order valence-corrected chi connectivity index (χ2v) is 6.43. The van der Waals surface area contributed by atoms with Gasteiger partial charge < -0.3 is 5.73 Å². The highest BCUT2D eigenvalue weighted by molar-refractivity contribution is 6.20. The fourth-order valence-corrected chi connectivity index (χ4v) is 3.94. The first kappa shape index (κ1) is 13.6. The van der Waals surface area contributed by atoms with E-state index in [1.54, 1.807) is 0 Å². The van der Waals surface area contributed by atoms with Crippen molar-refractivity contribution in [2.45, 2.75) is 81.8 Å². The number of alkyl halides is 1. The molecule has 2 saturated carbocycles. The summed E-state index contributed by atoms with van der Waals surface area (Å²) in [7, 11) is 0. The average Bonchev–Trinajstić information content (AvgIpc) is 2.33. The van der Waals surface area contributed by atoms with Crippen molar-refractivity contribution in [1.29, 1.82) is 0 Å². The third-order valence-corrected chi connectivity index (χ3v) is 5.05. The van der Waals surface area contributed by atoms with Gasteiger partial charge in [0.25, 0.3) is 0 Å². The molecule has 0 saturated heterocycles.